The average molecular weight is 290 g/mol. The molecule has 0 spiro atoms. The maximum atomic E-state index is 5.86. The summed E-state index contributed by atoms with van der Waals surface area (Å²) in [5.74, 6) is 1.70. The molecule has 0 saturated carbocycles. The summed E-state index contributed by atoms with van der Waals surface area (Å²) in [6, 6.07) is 11.3. The van der Waals surface area contributed by atoms with Gasteiger partial charge in [-0.2, -0.15) is 0 Å². The van der Waals surface area contributed by atoms with Gasteiger partial charge in [0.15, 0.2) is 0 Å². The van der Waals surface area contributed by atoms with Gasteiger partial charge in [-0.05, 0) is 37.9 Å². The minimum absolute atomic E-state index is 0.608. The third-order valence-corrected chi connectivity index (χ3v) is 4.74. The summed E-state index contributed by atoms with van der Waals surface area (Å²) in [5.41, 5.74) is 0. The van der Waals surface area contributed by atoms with Crippen molar-refractivity contribution in [3.63, 3.8) is 0 Å². The van der Waals surface area contributed by atoms with Gasteiger partial charge in [-0.15, -0.1) is 0 Å². The summed E-state index contributed by atoms with van der Waals surface area (Å²) in [5, 5.41) is 3.72. The first-order valence-corrected chi connectivity index (χ1v) is 8.36. The number of rotatable bonds is 6. The van der Waals surface area contributed by atoms with Gasteiger partial charge < -0.3 is 10.1 Å². The average Bonchev–Trinajstić information content (AvgIpc) is 2.70. The molecule has 3 heteroatoms. The minimum atomic E-state index is 0.608. The van der Waals surface area contributed by atoms with E-state index in [1.54, 1.807) is 0 Å². The molecule has 1 fully saturated rings. The molecule has 1 aliphatic rings. The Labute approximate surface area is 129 Å². The number of para-hydroxylation sites is 1. The van der Waals surface area contributed by atoms with E-state index in [1.165, 1.54) is 12.8 Å². The van der Waals surface area contributed by atoms with Crippen LogP contribution in [0, 0.1) is 5.92 Å². The quantitative estimate of drug-likeness (QED) is 0.871. The predicted octanol–water partition coefficient (Wildman–Crippen LogP) is 3.16. The fourth-order valence-electron chi connectivity index (χ4n) is 2.93. The van der Waals surface area contributed by atoms with E-state index < -0.39 is 0 Å². The zero-order valence-electron chi connectivity index (χ0n) is 13.7. The second kappa shape index (κ2) is 8.40. The first-order valence-electron chi connectivity index (χ1n) is 8.36. The summed E-state index contributed by atoms with van der Waals surface area (Å²) in [7, 11) is 0. The number of nitrogens with one attached hydrogen (secondary N) is 1. The van der Waals surface area contributed by atoms with E-state index in [4.69, 9.17) is 4.74 Å². The van der Waals surface area contributed by atoms with Crippen LogP contribution in [0.3, 0.4) is 0 Å². The van der Waals surface area contributed by atoms with Gasteiger partial charge in [0, 0.05) is 25.2 Å². The lowest BCUT2D eigenvalue weighted by molar-refractivity contribution is 0.155. The normalized spacial score (nSPS) is 25.3. The second-order valence-electron chi connectivity index (χ2n) is 6.24. The van der Waals surface area contributed by atoms with Gasteiger partial charge in [0.05, 0.1) is 0 Å². The molecule has 3 atom stereocenters. The summed E-state index contributed by atoms with van der Waals surface area (Å²) in [6.45, 7) is 11.0. The number of benzene rings is 1. The fraction of sp³-hybridized carbons (Fsp3) is 0.667. The van der Waals surface area contributed by atoms with Crippen LogP contribution < -0.4 is 10.1 Å². The van der Waals surface area contributed by atoms with Gasteiger partial charge in [0.25, 0.3) is 0 Å². The van der Waals surface area contributed by atoms with Crippen LogP contribution >= 0.6 is 0 Å². The lowest BCUT2D eigenvalue weighted by Gasteiger charge is -2.31. The molecule has 0 bridgehead atoms. The third-order valence-electron chi connectivity index (χ3n) is 4.74. The summed E-state index contributed by atoms with van der Waals surface area (Å²) in [4.78, 5) is 2.58. The zero-order chi connectivity index (χ0) is 15.1. The van der Waals surface area contributed by atoms with Gasteiger partial charge in [-0.3, -0.25) is 4.90 Å². The zero-order valence-corrected chi connectivity index (χ0v) is 13.7. The van der Waals surface area contributed by atoms with E-state index in [0.717, 1.165) is 37.9 Å². The molecule has 1 saturated heterocycles. The Morgan fingerprint density at radius 2 is 2.10 bits per heavy atom. The Kier molecular flexibility index (Phi) is 6.52. The van der Waals surface area contributed by atoms with Crippen molar-refractivity contribution in [2.45, 2.75) is 45.7 Å². The standard InChI is InChI=1S/C18H30N2O/c1-4-15(2)18-14-20(16(3)10-11-19-18)12-13-21-17-8-6-5-7-9-17/h5-9,15-16,18-19H,4,10-14H2,1-3H3. The number of ether oxygens (including phenoxy) is 1. The molecule has 1 aromatic carbocycles. The Bertz CT molecular complexity index is 395. The smallest absolute Gasteiger partial charge is 0.119 e. The van der Waals surface area contributed by atoms with Crippen molar-refractivity contribution < 1.29 is 4.74 Å². The molecule has 0 amide bonds. The Balaban J connectivity index is 1.84. The lowest BCUT2D eigenvalue weighted by atomic mass is 9.99. The molecule has 1 N–H and O–H groups in total. The van der Waals surface area contributed by atoms with Crippen molar-refractivity contribution in [3.8, 4) is 5.75 Å². The number of nitrogens with zero attached hydrogens (tertiary/aromatic N) is 1. The third kappa shape index (κ3) is 5.01. The van der Waals surface area contributed by atoms with Crippen LogP contribution in [0.5, 0.6) is 5.75 Å². The largest absolute Gasteiger partial charge is 0.492 e. The highest BCUT2D eigenvalue weighted by Gasteiger charge is 2.25. The van der Waals surface area contributed by atoms with E-state index in [-0.39, 0.29) is 0 Å². The maximum Gasteiger partial charge on any atom is 0.119 e. The molecule has 118 valence electrons. The fourth-order valence-corrected chi connectivity index (χ4v) is 2.93. The van der Waals surface area contributed by atoms with E-state index in [2.05, 4.69) is 31.0 Å². The van der Waals surface area contributed by atoms with Crippen LogP contribution in [-0.2, 0) is 0 Å². The Morgan fingerprint density at radius 1 is 1.33 bits per heavy atom. The van der Waals surface area contributed by atoms with Gasteiger partial charge in [0.1, 0.15) is 12.4 Å². The Morgan fingerprint density at radius 3 is 2.81 bits per heavy atom. The van der Waals surface area contributed by atoms with E-state index in [1.807, 2.05) is 30.3 Å². The summed E-state index contributed by atoms with van der Waals surface area (Å²) in [6.07, 6.45) is 2.46. The van der Waals surface area contributed by atoms with Crippen LogP contribution in [0.25, 0.3) is 0 Å². The highest BCUT2D eigenvalue weighted by molar-refractivity contribution is 5.20. The predicted molar refractivity (Wildman–Crippen MR) is 88.8 cm³/mol. The second-order valence-corrected chi connectivity index (χ2v) is 6.24. The molecule has 0 aromatic heterocycles. The van der Waals surface area contributed by atoms with Gasteiger partial charge in [0.2, 0.25) is 0 Å². The maximum absolute atomic E-state index is 5.86. The van der Waals surface area contributed by atoms with Crippen molar-refractivity contribution >= 4 is 0 Å². The molecule has 3 nitrogen and oxygen atoms in total. The molecule has 1 aromatic rings. The van der Waals surface area contributed by atoms with Crippen LogP contribution in [0.15, 0.2) is 30.3 Å². The van der Waals surface area contributed by atoms with Crippen molar-refractivity contribution in [1.82, 2.24) is 10.2 Å². The molecular formula is C18H30N2O. The monoisotopic (exact) mass is 290 g/mol. The van der Waals surface area contributed by atoms with Crippen molar-refractivity contribution in [3.05, 3.63) is 30.3 Å². The van der Waals surface area contributed by atoms with E-state index >= 15 is 0 Å². The molecule has 3 unspecified atom stereocenters. The lowest BCUT2D eigenvalue weighted by Crippen LogP contribution is -2.44. The molecule has 21 heavy (non-hydrogen) atoms. The van der Waals surface area contributed by atoms with Crippen LogP contribution in [0.4, 0.5) is 0 Å². The highest BCUT2D eigenvalue weighted by atomic mass is 16.5. The molecule has 0 aliphatic carbocycles. The number of hydrogen-bond acceptors (Lipinski definition) is 3. The first kappa shape index (κ1) is 16.3. The van der Waals surface area contributed by atoms with Crippen molar-refractivity contribution in [2.24, 2.45) is 5.92 Å². The molecular weight excluding hydrogens is 260 g/mol. The van der Waals surface area contributed by atoms with Gasteiger partial charge in [-0.1, -0.05) is 38.5 Å². The molecule has 1 aliphatic heterocycles. The van der Waals surface area contributed by atoms with Crippen molar-refractivity contribution in [1.29, 1.82) is 0 Å². The highest BCUT2D eigenvalue weighted by Crippen LogP contribution is 2.16. The summed E-state index contributed by atoms with van der Waals surface area (Å²) >= 11 is 0. The van der Waals surface area contributed by atoms with Crippen LogP contribution in [0.1, 0.15) is 33.6 Å². The summed E-state index contributed by atoms with van der Waals surface area (Å²) < 4.78 is 5.86. The molecule has 0 radical (unpaired) electrons. The first-order chi connectivity index (χ1) is 10.2. The Hall–Kier alpha value is -1.06. The SMILES string of the molecule is CCC(C)C1CN(CCOc2ccccc2)C(C)CCN1. The van der Waals surface area contributed by atoms with Gasteiger partial charge >= 0.3 is 0 Å². The van der Waals surface area contributed by atoms with E-state index in [0.29, 0.717) is 12.1 Å². The van der Waals surface area contributed by atoms with Crippen molar-refractivity contribution in [2.75, 3.05) is 26.2 Å². The molecule has 2 rings (SSSR count). The molecule has 1 heterocycles. The van der Waals surface area contributed by atoms with E-state index in [9.17, 15) is 0 Å². The van der Waals surface area contributed by atoms with Crippen LogP contribution in [-0.4, -0.2) is 43.2 Å². The topological polar surface area (TPSA) is 24.5 Å². The van der Waals surface area contributed by atoms with Crippen LogP contribution in [0.2, 0.25) is 0 Å². The minimum Gasteiger partial charge on any atom is -0.492 e. The number of hydrogen-bond donors (Lipinski definition) is 1. The van der Waals surface area contributed by atoms with Gasteiger partial charge in [-0.25, -0.2) is 0 Å².